The van der Waals surface area contributed by atoms with Crippen LogP contribution in [0.25, 0.3) is 10.9 Å². The summed E-state index contributed by atoms with van der Waals surface area (Å²) in [5.74, 6) is -1.70. The molecule has 25 heavy (non-hydrogen) atoms. The van der Waals surface area contributed by atoms with Gasteiger partial charge in [-0.15, -0.1) is 0 Å². The zero-order valence-corrected chi connectivity index (χ0v) is 14.1. The molecule has 0 spiro atoms. The first-order chi connectivity index (χ1) is 12.0. The number of aromatic nitrogens is 1. The fraction of sp³-hybridized carbons (Fsp3) is 0.167. The molecule has 3 rings (SSSR count). The molecule has 0 aliphatic carbocycles. The van der Waals surface area contributed by atoms with E-state index in [1.807, 2.05) is 24.3 Å². The Morgan fingerprint density at radius 2 is 1.88 bits per heavy atom. The molecule has 0 amide bonds. The standard InChI is InChI=1S/C18H15ClN2O4/c1-25-18(22)17(21(23)24)16(11-6-8-12(19)9-7-11)14-10-20-15-5-3-2-4-13(14)15/h2-10,16-17,20H,1H3. The van der Waals surface area contributed by atoms with E-state index >= 15 is 0 Å². The number of benzene rings is 2. The minimum absolute atomic E-state index is 0.511. The number of carbonyl (C=O) groups excluding carboxylic acids is 1. The molecule has 0 aliphatic heterocycles. The number of methoxy groups -OCH3 is 1. The minimum Gasteiger partial charge on any atom is -0.464 e. The van der Waals surface area contributed by atoms with Crippen molar-refractivity contribution in [1.82, 2.24) is 4.98 Å². The second-order valence-corrected chi connectivity index (χ2v) is 6.01. The molecule has 1 heterocycles. The Balaban J connectivity index is 2.22. The van der Waals surface area contributed by atoms with Gasteiger partial charge in [-0.2, -0.15) is 0 Å². The van der Waals surface area contributed by atoms with Crippen LogP contribution < -0.4 is 0 Å². The normalized spacial score (nSPS) is 13.4. The summed E-state index contributed by atoms with van der Waals surface area (Å²) in [6, 6.07) is 12.5. The second-order valence-electron chi connectivity index (χ2n) is 5.57. The van der Waals surface area contributed by atoms with Gasteiger partial charge in [0.25, 0.3) is 0 Å². The van der Waals surface area contributed by atoms with Crippen molar-refractivity contribution in [1.29, 1.82) is 0 Å². The first-order valence-corrected chi connectivity index (χ1v) is 7.93. The van der Waals surface area contributed by atoms with Gasteiger partial charge in [0.2, 0.25) is 0 Å². The average molecular weight is 359 g/mol. The average Bonchev–Trinajstić information content (AvgIpc) is 3.03. The molecule has 2 aromatic carbocycles. The van der Waals surface area contributed by atoms with Crippen LogP contribution in [0.4, 0.5) is 0 Å². The number of ether oxygens (including phenoxy) is 1. The zero-order valence-electron chi connectivity index (χ0n) is 13.3. The van der Waals surface area contributed by atoms with E-state index in [0.717, 1.165) is 18.0 Å². The summed E-state index contributed by atoms with van der Waals surface area (Å²) >= 11 is 5.94. The molecule has 0 bridgehead atoms. The van der Waals surface area contributed by atoms with Crippen molar-refractivity contribution in [3.8, 4) is 0 Å². The van der Waals surface area contributed by atoms with Crippen LogP contribution in [0.15, 0.2) is 54.7 Å². The van der Waals surface area contributed by atoms with Crippen LogP contribution in [0.3, 0.4) is 0 Å². The van der Waals surface area contributed by atoms with Crippen molar-refractivity contribution in [2.24, 2.45) is 0 Å². The summed E-state index contributed by atoms with van der Waals surface area (Å²) in [6.45, 7) is 0. The molecule has 0 fully saturated rings. The number of hydrogen-bond donors (Lipinski definition) is 1. The largest absolute Gasteiger partial charge is 0.464 e. The van der Waals surface area contributed by atoms with Crippen molar-refractivity contribution in [3.63, 3.8) is 0 Å². The fourth-order valence-corrected chi connectivity index (χ4v) is 3.14. The first kappa shape index (κ1) is 17.0. The maximum Gasteiger partial charge on any atom is 0.382 e. The quantitative estimate of drug-likeness (QED) is 0.427. The number of hydrogen-bond acceptors (Lipinski definition) is 4. The maximum absolute atomic E-state index is 12.2. The topological polar surface area (TPSA) is 85.2 Å². The molecular formula is C18H15ClN2O4. The lowest BCUT2D eigenvalue weighted by atomic mass is 9.85. The number of nitrogens with zero attached hydrogens (tertiary/aromatic N) is 1. The summed E-state index contributed by atoms with van der Waals surface area (Å²) in [4.78, 5) is 26.3. The van der Waals surface area contributed by atoms with Crippen LogP contribution in [0.2, 0.25) is 5.02 Å². The van der Waals surface area contributed by atoms with E-state index in [9.17, 15) is 14.9 Å². The summed E-state index contributed by atoms with van der Waals surface area (Å²) in [5.41, 5.74) is 2.11. The molecule has 128 valence electrons. The van der Waals surface area contributed by atoms with Crippen LogP contribution in [-0.2, 0) is 9.53 Å². The molecule has 1 N–H and O–H groups in total. The molecule has 2 atom stereocenters. The fourth-order valence-electron chi connectivity index (χ4n) is 3.02. The van der Waals surface area contributed by atoms with E-state index in [4.69, 9.17) is 16.3 Å². The van der Waals surface area contributed by atoms with E-state index in [2.05, 4.69) is 4.98 Å². The van der Waals surface area contributed by atoms with Crippen molar-refractivity contribution in [2.45, 2.75) is 12.0 Å². The van der Waals surface area contributed by atoms with Crippen molar-refractivity contribution < 1.29 is 14.5 Å². The van der Waals surface area contributed by atoms with Gasteiger partial charge in [0, 0.05) is 27.0 Å². The minimum atomic E-state index is -1.56. The maximum atomic E-state index is 12.2. The number of H-pyrrole nitrogens is 1. The van der Waals surface area contributed by atoms with Gasteiger partial charge in [0.1, 0.15) is 0 Å². The highest BCUT2D eigenvalue weighted by atomic mass is 35.5. The third-order valence-corrected chi connectivity index (χ3v) is 4.42. The highest BCUT2D eigenvalue weighted by Crippen LogP contribution is 2.35. The van der Waals surface area contributed by atoms with E-state index < -0.39 is 22.9 Å². The Kier molecular flexibility index (Phi) is 4.72. The summed E-state index contributed by atoms with van der Waals surface area (Å²) < 4.78 is 4.69. The Bertz CT molecular complexity index is 920. The molecule has 1 aromatic heterocycles. The van der Waals surface area contributed by atoms with Gasteiger partial charge in [-0.3, -0.25) is 10.1 Å². The van der Waals surface area contributed by atoms with Crippen LogP contribution >= 0.6 is 11.6 Å². The van der Waals surface area contributed by atoms with E-state index in [-0.39, 0.29) is 0 Å². The van der Waals surface area contributed by atoms with Gasteiger partial charge >= 0.3 is 12.0 Å². The summed E-state index contributed by atoms with van der Waals surface area (Å²) in [6.07, 6.45) is 1.70. The lowest BCUT2D eigenvalue weighted by Gasteiger charge is -2.20. The lowest BCUT2D eigenvalue weighted by Crippen LogP contribution is -2.37. The molecule has 6 nitrogen and oxygen atoms in total. The number of halogens is 1. The molecule has 0 saturated heterocycles. The third kappa shape index (κ3) is 3.21. The number of esters is 1. The van der Waals surface area contributed by atoms with Crippen LogP contribution in [-0.4, -0.2) is 29.0 Å². The molecule has 0 saturated carbocycles. The van der Waals surface area contributed by atoms with E-state index in [1.54, 1.807) is 30.5 Å². The van der Waals surface area contributed by atoms with Gasteiger partial charge in [-0.25, -0.2) is 4.79 Å². The Labute approximate surface area is 148 Å². The smallest absolute Gasteiger partial charge is 0.382 e. The monoisotopic (exact) mass is 358 g/mol. The van der Waals surface area contributed by atoms with Crippen molar-refractivity contribution >= 4 is 28.5 Å². The second kappa shape index (κ2) is 6.94. The number of aromatic amines is 1. The predicted molar refractivity (Wildman–Crippen MR) is 94.4 cm³/mol. The van der Waals surface area contributed by atoms with E-state index in [1.165, 1.54) is 0 Å². The number of fused-ring (bicyclic) bond motifs is 1. The predicted octanol–water partition coefficient (Wildman–Crippen LogP) is 3.77. The Morgan fingerprint density at radius 3 is 2.52 bits per heavy atom. The molecule has 0 aliphatic rings. The lowest BCUT2D eigenvalue weighted by molar-refractivity contribution is -0.512. The Hall–Kier alpha value is -2.86. The number of nitrogens with one attached hydrogen (secondary N) is 1. The number of carbonyl (C=O) groups is 1. The van der Waals surface area contributed by atoms with Gasteiger partial charge in [-0.05, 0) is 29.3 Å². The van der Waals surface area contributed by atoms with Gasteiger partial charge in [-0.1, -0.05) is 41.9 Å². The molecule has 3 aromatic rings. The third-order valence-electron chi connectivity index (χ3n) is 4.17. The van der Waals surface area contributed by atoms with Gasteiger partial charge in [0.15, 0.2) is 0 Å². The van der Waals surface area contributed by atoms with Gasteiger partial charge in [0.05, 0.1) is 13.0 Å². The van der Waals surface area contributed by atoms with Crippen LogP contribution in [0, 0.1) is 10.1 Å². The summed E-state index contributed by atoms with van der Waals surface area (Å²) in [7, 11) is 1.15. The van der Waals surface area contributed by atoms with Crippen molar-refractivity contribution in [2.75, 3.05) is 7.11 Å². The zero-order chi connectivity index (χ0) is 18.0. The van der Waals surface area contributed by atoms with Crippen molar-refractivity contribution in [3.05, 3.63) is 81.0 Å². The Morgan fingerprint density at radius 1 is 1.20 bits per heavy atom. The SMILES string of the molecule is COC(=O)C(C(c1ccc(Cl)cc1)c1c[nH]c2ccccc12)[N+](=O)[O-]. The molecule has 7 heteroatoms. The van der Waals surface area contributed by atoms with Gasteiger partial charge < -0.3 is 9.72 Å². The molecule has 2 unspecified atom stereocenters. The number of rotatable bonds is 5. The summed E-state index contributed by atoms with van der Waals surface area (Å²) in [5, 5.41) is 13.0. The molecule has 0 radical (unpaired) electrons. The molecular weight excluding hydrogens is 344 g/mol. The highest BCUT2D eigenvalue weighted by molar-refractivity contribution is 6.30. The number of nitro groups is 1. The highest BCUT2D eigenvalue weighted by Gasteiger charge is 2.42. The van der Waals surface area contributed by atoms with E-state index in [0.29, 0.717) is 16.1 Å². The first-order valence-electron chi connectivity index (χ1n) is 7.55. The van der Waals surface area contributed by atoms with Crippen LogP contribution in [0.5, 0.6) is 0 Å². The number of para-hydroxylation sites is 1. The van der Waals surface area contributed by atoms with Crippen LogP contribution in [0.1, 0.15) is 17.0 Å².